The van der Waals surface area contributed by atoms with E-state index >= 15 is 0 Å². The normalized spacial score (nSPS) is 11.9. The fraction of sp³-hybridized carbons (Fsp3) is 0.214. The molecule has 0 atom stereocenters. The first-order valence-electron chi connectivity index (χ1n) is 11.5. The lowest BCUT2D eigenvalue weighted by Crippen LogP contribution is -2.29. The van der Waals surface area contributed by atoms with Gasteiger partial charge in [-0.1, -0.05) is 52.3 Å². The Bertz CT molecular complexity index is 1340. The third-order valence-electron chi connectivity index (χ3n) is 5.83. The third-order valence-corrected chi connectivity index (χ3v) is 6.32. The molecular formula is C28H29BrN4O2. The lowest BCUT2D eigenvalue weighted by atomic mass is 10.0. The number of carbonyl (C=O) groups is 1. The molecule has 1 heterocycles. The summed E-state index contributed by atoms with van der Waals surface area (Å²) >= 11 is 3.49. The van der Waals surface area contributed by atoms with Crippen molar-refractivity contribution in [2.75, 3.05) is 34.2 Å². The molecule has 0 radical (unpaired) electrons. The van der Waals surface area contributed by atoms with E-state index < -0.39 is 0 Å². The summed E-state index contributed by atoms with van der Waals surface area (Å²) in [6.07, 6.45) is 0.919. The number of benzene rings is 3. The molecule has 7 heteroatoms. The second-order valence-electron chi connectivity index (χ2n) is 8.80. The molecule has 180 valence electrons. The molecule has 0 spiro atoms. The van der Waals surface area contributed by atoms with E-state index in [-0.39, 0.29) is 11.8 Å². The van der Waals surface area contributed by atoms with Gasteiger partial charge in [-0.25, -0.2) is 4.99 Å². The maximum absolute atomic E-state index is 12.8. The van der Waals surface area contributed by atoms with Crippen molar-refractivity contribution >= 4 is 44.1 Å². The molecule has 2 N–H and O–H groups in total. The second kappa shape index (κ2) is 10.9. The van der Waals surface area contributed by atoms with Crippen molar-refractivity contribution in [2.24, 2.45) is 4.99 Å². The van der Waals surface area contributed by atoms with Crippen molar-refractivity contribution in [3.63, 3.8) is 0 Å². The lowest BCUT2D eigenvalue weighted by molar-refractivity contribution is 0.0790. The number of fused-ring (bicyclic) bond motifs is 1. The smallest absolute Gasteiger partial charge is 0.253 e. The lowest BCUT2D eigenvalue weighted by Gasteiger charge is -2.18. The van der Waals surface area contributed by atoms with Gasteiger partial charge in [-0.05, 0) is 63.5 Å². The SMILES string of the molecule is CN(C)CCCN(C)C(=O)c1ccc(N=C(c2ccccc2)c2c(O)[nH]c3cc(Br)ccc23)cc1. The Labute approximate surface area is 214 Å². The number of aromatic amines is 1. The van der Waals surface area contributed by atoms with Crippen LogP contribution >= 0.6 is 15.9 Å². The minimum absolute atomic E-state index is 0.0116. The number of H-pyrrole nitrogens is 1. The molecule has 4 aromatic rings. The van der Waals surface area contributed by atoms with Crippen molar-refractivity contribution in [1.82, 2.24) is 14.8 Å². The summed E-state index contributed by atoms with van der Waals surface area (Å²) in [4.78, 5) is 24.6. The average molecular weight is 533 g/mol. The van der Waals surface area contributed by atoms with Crippen LogP contribution in [0.15, 0.2) is 82.3 Å². The quantitative estimate of drug-likeness (QED) is 0.280. The Morgan fingerprint density at radius 3 is 2.34 bits per heavy atom. The standard InChI is InChI=1S/C28H29BrN4O2/c1-32(2)16-7-17-33(3)28(35)20-10-13-22(14-11-20)30-26(19-8-5-4-6-9-19)25-23-15-12-21(29)18-24(23)31-27(25)34/h4-6,8-15,18,31,34H,7,16-17H2,1-3H3. The van der Waals surface area contributed by atoms with Gasteiger partial charge >= 0.3 is 0 Å². The Balaban J connectivity index is 1.67. The molecule has 6 nitrogen and oxygen atoms in total. The number of carbonyl (C=O) groups excluding carboxylic acids is 1. The molecule has 0 saturated heterocycles. The van der Waals surface area contributed by atoms with E-state index in [4.69, 9.17) is 4.99 Å². The van der Waals surface area contributed by atoms with Gasteiger partial charge in [-0.2, -0.15) is 0 Å². The molecule has 4 rings (SSSR count). The highest BCUT2D eigenvalue weighted by atomic mass is 79.9. The highest BCUT2D eigenvalue weighted by Crippen LogP contribution is 2.33. The van der Waals surface area contributed by atoms with Gasteiger partial charge in [0, 0.05) is 34.6 Å². The summed E-state index contributed by atoms with van der Waals surface area (Å²) in [7, 11) is 5.88. The summed E-state index contributed by atoms with van der Waals surface area (Å²) in [6.45, 7) is 1.64. The number of hydrogen-bond donors (Lipinski definition) is 2. The summed E-state index contributed by atoms with van der Waals surface area (Å²) in [5.74, 6) is 0.0502. The van der Waals surface area contributed by atoms with Crippen LogP contribution in [0.2, 0.25) is 0 Å². The van der Waals surface area contributed by atoms with Gasteiger partial charge in [0.25, 0.3) is 5.91 Å². The molecular weight excluding hydrogens is 504 g/mol. The van der Waals surface area contributed by atoms with Crippen molar-refractivity contribution in [1.29, 1.82) is 0 Å². The minimum atomic E-state index is -0.0116. The summed E-state index contributed by atoms with van der Waals surface area (Å²) < 4.78 is 0.919. The average Bonchev–Trinajstić information content (AvgIpc) is 3.17. The van der Waals surface area contributed by atoms with Crippen molar-refractivity contribution in [2.45, 2.75) is 6.42 Å². The van der Waals surface area contributed by atoms with Crippen LogP contribution in [0, 0.1) is 0 Å². The summed E-state index contributed by atoms with van der Waals surface area (Å²) in [6, 6.07) is 22.9. The first-order valence-corrected chi connectivity index (χ1v) is 12.3. The number of amides is 1. The van der Waals surface area contributed by atoms with E-state index in [9.17, 15) is 9.90 Å². The van der Waals surface area contributed by atoms with Gasteiger partial charge in [0.1, 0.15) is 0 Å². The molecule has 0 unspecified atom stereocenters. The molecule has 1 amide bonds. The zero-order valence-corrected chi connectivity index (χ0v) is 21.7. The topological polar surface area (TPSA) is 71.9 Å². The van der Waals surface area contributed by atoms with E-state index in [1.807, 2.05) is 81.8 Å². The highest BCUT2D eigenvalue weighted by Gasteiger charge is 2.19. The van der Waals surface area contributed by atoms with Gasteiger partial charge in [-0.3, -0.25) is 4.79 Å². The fourth-order valence-electron chi connectivity index (χ4n) is 4.01. The van der Waals surface area contributed by atoms with Gasteiger partial charge in [-0.15, -0.1) is 0 Å². The van der Waals surface area contributed by atoms with Crippen molar-refractivity contribution in [3.8, 4) is 5.88 Å². The number of nitrogens with one attached hydrogen (secondary N) is 1. The van der Waals surface area contributed by atoms with Crippen LogP contribution in [-0.2, 0) is 0 Å². The van der Waals surface area contributed by atoms with E-state index in [1.54, 1.807) is 17.0 Å². The van der Waals surface area contributed by atoms with E-state index in [0.717, 1.165) is 33.9 Å². The Morgan fingerprint density at radius 1 is 0.943 bits per heavy atom. The molecule has 1 aromatic heterocycles. The minimum Gasteiger partial charge on any atom is -0.494 e. The van der Waals surface area contributed by atoms with E-state index in [2.05, 4.69) is 25.8 Å². The number of aromatic nitrogens is 1. The number of rotatable bonds is 8. The Hall–Kier alpha value is -3.42. The number of aromatic hydroxyl groups is 1. The van der Waals surface area contributed by atoms with Gasteiger partial charge in [0.2, 0.25) is 0 Å². The monoisotopic (exact) mass is 532 g/mol. The van der Waals surface area contributed by atoms with Crippen LogP contribution in [0.5, 0.6) is 5.88 Å². The van der Waals surface area contributed by atoms with Crippen LogP contribution in [0.25, 0.3) is 10.9 Å². The zero-order chi connectivity index (χ0) is 24.9. The predicted octanol–water partition coefficient (Wildman–Crippen LogP) is 5.83. The van der Waals surface area contributed by atoms with Gasteiger partial charge < -0.3 is 19.9 Å². The van der Waals surface area contributed by atoms with Crippen LogP contribution in [0.1, 0.15) is 27.9 Å². The zero-order valence-electron chi connectivity index (χ0n) is 20.1. The molecule has 3 aromatic carbocycles. The molecule has 0 aliphatic heterocycles. The number of halogens is 1. The fourth-order valence-corrected chi connectivity index (χ4v) is 4.37. The second-order valence-corrected chi connectivity index (χ2v) is 9.71. The largest absolute Gasteiger partial charge is 0.494 e. The molecule has 0 saturated carbocycles. The first-order chi connectivity index (χ1) is 16.8. The highest BCUT2D eigenvalue weighted by molar-refractivity contribution is 9.10. The maximum atomic E-state index is 12.8. The predicted molar refractivity (Wildman–Crippen MR) is 146 cm³/mol. The first kappa shape index (κ1) is 24.7. The van der Waals surface area contributed by atoms with Crippen molar-refractivity contribution in [3.05, 3.63) is 94.0 Å². The van der Waals surface area contributed by atoms with Crippen molar-refractivity contribution < 1.29 is 9.90 Å². The number of nitrogens with zero attached hydrogens (tertiary/aromatic N) is 3. The summed E-state index contributed by atoms with van der Waals surface area (Å²) in [5, 5.41) is 11.7. The number of aliphatic imine (C=N–C) groups is 1. The molecule has 0 aliphatic carbocycles. The molecule has 35 heavy (non-hydrogen) atoms. The number of hydrogen-bond acceptors (Lipinski definition) is 4. The van der Waals surface area contributed by atoms with E-state index in [1.165, 1.54) is 0 Å². The third kappa shape index (κ3) is 5.81. The van der Waals surface area contributed by atoms with Gasteiger partial charge in [0.05, 0.1) is 22.5 Å². The maximum Gasteiger partial charge on any atom is 0.253 e. The van der Waals surface area contributed by atoms with Crippen LogP contribution < -0.4 is 0 Å². The van der Waals surface area contributed by atoms with Crippen LogP contribution in [-0.4, -0.2) is 65.7 Å². The Morgan fingerprint density at radius 2 is 1.66 bits per heavy atom. The van der Waals surface area contributed by atoms with E-state index in [0.29, 0.717) is 29.1 Å². The Kier molecular flexibility index (Phi) is 7.68. The van der Waals surface area contributed by atoms with Gasteiger partial charge in [0.15, 0.2) is 5.88 Å². The molecule has 0 bridgehead atoms. The molecule has 0 fully saturated rings. The van der Waals surface area contributed by atoms with Crippen LogP contribution in [0.3, 0.4) is 0 Å². The summed E-state index contributed by atoms with van der Waals surface area (Å²) in [5.41, 5.74) is 4.30. The molecule has 0 aliphatic rings. The van der Waals surface area contributed by atoms with Crippen LogP contribution in [0.4, 0.5) is 5.69 Å².